The van der Waals surface area contributed by atoms with Crippen molar-refractivity contribution in [2.75, 3.05) is 7.11 Å². The molecule has 2 aromatic heterocycles. The number of hydrogen-bond donors (Lipinski definition) is 0. The van der Waals surface area contributed by atoms with Crippen LogP contribution in [0.5, 0.6) is 5.75 Å². The van der Waals surface area contributed by atoms with Gasteiger partial charge in [0.2, 0.25) is 0 Å². The first-order chi connectivity index (χ1) is 9.74. The highest BCUT2D eigenvalue weighted by Gasteiger charge is 2.10. The van der Waals surface area contributed by atoms with Gasteiger partial charge in [0.25, 0.3) is 5.56 Å². The number of hydrogen-bond acceptors (Lipinski definition) is 4. The molecule has 6 heteroatoms. The highest BCUT2D eigenvalue weighted by Crippen LogP contribution is 2.17. The Morgan fingerprint density at radius 3 is 2.65 bits per heavy atom. The normalized spacial score (nSPS) is 10.9. The summed E-state index contributed by atoms with van der Waals surface area (Å²) in [6.07, 6.45) is 3.10. The smallest absolute Gasteiger partial charge is 0.264 e. The number of nitrogens with zero attached hydrogens (tertiary/aromatic N) is 4. The molecule has 0 radical (unpaired) electrons. The van der Waals surface area contributed by atoms with Crippen molar-refractivity contribution in [2.45, 2.75) is 13.5 Å². The van der Waals surface area contributed by atoms with Crippen LogP contribution >= 0.6 is 0 Å². The monoisotopic (exact) mass is 270 g/mol. The average Bonchev–Trinajstić information content (AvgIpc) is 2.92. The number of rotatable bonds is 3. The Hall–Kier alpha value is -2.63. The number of aromatic nitrogens is 4. The molecular formula is C14H14N4O2. The lowest BCUT2D eigenvalue weighted by molar-refractivity contribution is 0.414. The van der Waals surface area contributed by atoms with Crippen LogP contribution in [0.2, 0.25) is 0 Å². The van der Waals surface area contributed by atoms with Crippen LogP contribution in [0.25, 0.3) is 16.7 Å². The molecule has 3 aromatic rings. The summed E-state index contributed by atoms with van der Waals surface area (Å²) in [7, 11) is 1.62. The van der Waals surface area contributed by atoms with Crippen LogP contribution in [-0.2, 0) is 6.54 Å². The molecule has 102 valence electrons. The predicted octanol–water partition coefficient (Wildman–Crippen LogP) is 1.61. The Morgan fingerprint density at radius 2 is 2.00 bits per heavy atom. The summed E-state index contributed by atoms with van der Waals surface area (Å²) in [4.78, 5) is 16.5. The molecule has 0 saturated heterocycles. The van der Waals surface area contributed by atoms with Gasteiger partial charge in [-0.25, -0.2) is 9.67 Å². The Morgan fingerprint density at radius 1 is 1.25 bits per heavy atom. The largest absolute Gasteiger partial charge is 0.497 e. The van der Waals surface area contributed by atoms with Crippen molar-refractivity contribution in [1.29, 1.82) is 0 Å². The average molecular weight is 270 g/mol. The first-order valence-electron chi connectivity index (χ1n) is 6.32. The first-order valence-corrected chi connectivity index (χ1v) is 6.32. The maximum atomic E-state index is 12.2. The fraction of sp³-hybridized carbons (Fsp3) is 0.214. The molecule has 2 heterocycles. The van der Waals surface area contributed by atoms with Crippen molar-refractivity contribution in [3.05, 3.63) is 47.1 Å². The predicted molar refractivity (Wildman–Crippen MR) is 75.4 cm³/mol. The molecule has 20 heavy (non-hydrogen) atoms. The number of ether oxygens (including phenoxy) is 1. The zero-order chi connectivity index (χ0) is 14.1. The Bertz CT molecular complexity index is 802. The zero-order valence-corrected chi connectivity index (χ0v) is 11.3. The van der Waals surface area contributed by atoms with Gasteiger partial charge in [-0.2, -0.15) is 5.10 Å². The van der Waals surface area contributed by atoms with Gasteiger partial charge in [-0.3, -0.25) is 9.36 Å². The van der Waals surface area contributed by atoms with E-state index in [2.05, 4.69) is 10.1 Å². The fourth-order valence-corrected chi connectivity index (χ4v) is 2.09. The minimum atomic E-state index is -0.0720. The van der Waals surface area contributed by atoms with Gasteiger partial charge in [-0.1, -0.05) is 0 Å². The molecule has 3 rings (SSSR count). The molecule has 1 aromatic carbocycles. The molecule has 0 spiro atoms. The maximum Gasteiger partial charge on any atom is 0.264 e. The second-order valence-corrected chi connectivity index (χ2v) is 4.33. The zero-order valence-electron chi connectivity index (χ0n) is 11.3. The molecule has 0 aliphatic rings. The van der Waals surface area contributed by atoms with Gasteiger partial charge in [0, 0.05) is 6.54 Å². The van der Waals surface area contributed by atoms with Crippen molar-refractivity contribution in [3.63, 3.8) is 0 Å². The topological polar surface area (TPSA) is 61.9 Å². The highest BCUT2D eigenvalue weighted by atomic mass is 16.5. The van der Waals surface area contributed by atoms with E-state index in [-0.39, 0.29) is 5.56 Å². The highest BCUT2D eigenvalue weighted by molar-refractivity contribution is 5.74. The van der Waals surface area contributed by atoms with Gasteiger partial charge in [-0.15, -0.1) is 0 Å². The summed E-state index contributed by atoms with van der Waals surface area (Å²) in [5, 5.41) is 4.78. The molecular weight excluding hydrogens is 256 g/mol. The minimum Gasteiger partial charge on any atom is -0.497 e. The fourth-order valence-electron chi connectivity index (χ4n) is 2.09. The summed E-state index contributed by atoms with van der Waals surface area (Å²) < 4.78 is 8.33. The van der Waals surface area contributed by atoms with E-state index in [4.69, 9.17) is 4.74 Å². The molecule has 0 atom stereocenters. The Kier molecular flexibility index (Phi) is 2.98. The molecule has 0 aliphatic carbocycles. The molecule has 0 saturated carbocycles. The SMILES string of the molecule is CCn1cnc2c(cnn2-c2ccc(OC)cc2)c1=O. The lowest BCUT2D eigenvalue weighted by Gasteiger charge is -2.05. The molecule has 0 bridgehead atoms. The summed E-state index contributed by atoms with van der Waals surface area (Å²) in [5.41, 5.74) is 1.32. The van der Waals surface area contributed by atoms with Gasteiger partial charge in [0.1, 0.15) is 11.1 Å². The van der Waals surface area contributed by atoms with Crippen molar-refractivity contribution < 1.29 is 4.74 Å². The molecule has 0 unspecified atom stereocenters. The van der Waals surface area contributed by atoms with Crippen molar-refractivity contribution >= 4 is 11.0 Å². The second kappa shape index (κ2) is 4.80. The quantitative estimate of drug-likeness (QED) is 0.725. The Balaban J connectivity index is 2.17. The third-order valence-corrected chi connectivity index (χ3v) is 3.21. The van der Waals surface area contributed by atoms with Crippen LogP contribution in [0, 0.1) is 0 Å². The molecule has 0 amide bonds. The van der Waals surface area contributed by atoms with Crippen LogP contribution in [0.4, 0.5) is 0 Å². The molecule has 0 aliphatic heterocycles. The van der Waals surface area contributed by atoms with E-state index in [1.807, 2.05) is 31.2 Å². The van der Waals surface area contributed by atoms with Crippen molar-refractivity contribution in [1.82, 2.24) is 19.3 Å². The van der Waals surface area contributed by atoms with Crippen molar-refractivity contribution in [2.24, 2.45) is 0 Å². The van der Waals surface area contributed by atoms with Gasteiger partial charge in [0.05, 0.1) is 25.3 Å². The van der Waals surface area contributed by atoms with Gasteiger partial charge in [0.15, 0.2) is 5.65 Å². The standard InChI is InChI=1S/C14H14N4O2/c1-3-17-9-15-13-12(14(17)19)8-16-18(13)10-4-6-11(20-2)7-5-10/h4-9H,3H2,1-2H3. The van der Waals surface area contributed by atoms with Crippen LogP contribution in [0.15, 0.2) is 41.6 Å². The first kappa shape index (κ1) is 12.4. The van der Waals surface area contributed by atoms with E-state index in [0.29, 0.717) is 17.6 Å². The van der Waals surface area contributed by atoms with E-state index in [9.17, 15) is 4.79 Å². The number of aryl methyl sites for hydroxylation is 1. The third-order valence-electron chi connectivity index (χ3n) is 3.21. The maximum absolute atomic E-state index is 12.2. The molecule has 0 fully saturated rings. The summed E-state index contributed by atoms with van der Waals surface area (Å²) in [5.74, 6) is 0.770. The number of benzene rings is 1. The van der Waals surface area contributed by atoms with Crippen molar-refractivity contribution in [3.8, 4) is 11.4 Å². The van der Waals surface area contributed by atoms with Crippen LogP contribution < -0.4 is 10.3 Å². The van der Waals surface area contributed by atoms with Gasteiger partial charge < -0.3 is 4.74 Å². The summed E-state index contributed by atoms with van der Waals surface area (Å²) in [6.45, 7) is 2.50. The Labute approximate surface area is 115 Å². The molecule has 0 N–H and O–H groups in total. The van der Waals surface area contributed by atoms with E-state index in [1.165, 1.54) is 0 Å². The molecule has 6 nitrogen and oxygen atoms in total. The van der Waals surface area contributed by atoms with E-state index < -0.39 is 0 Å². The third kappa shape index (κ3) is 1.85. The van der Waals surface area contributed by atoms with Crippen LogP contribution in [0.1, 0.15) is 6.92 Å². The van der Waals surface area contributed by atoms with Crippen LogP contribution in [-0.4, -0.2) is 26.4 Å². The summed E-state index contributed by atoms with van der Waals surface area (Å²) >= 11 is 0. The van der Waals surface area contributed by atoms with E-state index >= 15 is 0 Å². The van der Waals surface area contributed by atoms with E-state index in [1.54, 1.807) is 28.9 Å². The van der Waals surface area contributed by atoms with Gasteiger partial charge in [-0.05, 0) is 31.2 Å². The van der Waals surface area contributed by atoms with Gasteiger partial charge >= 0.3 is 0 Å². The lowest BCUT2D eigenvalue weighted by atomic mass is 10.3. The lowest BCUT2D eigenvalue weighted by Crippen LogP contribution is -2.19. The minimum absolute atomic E-state index is 0.0720. The number of fused-ring (bicyclic) bond motifs is 1. The number of methoxy groups -OCH3 is 1. The second-order valence-electron chi connectivity index (χ2n) is 4.33. The van der Waals surface area contributed by atoms with Crippen LogP contribution in [0.3, 0.4) is 0 Å². The summed E-state index contributed by atoms with van der Waals surface area (Å²) in [6, 6.07) is 7.43. The van der Waals surface area contributed by atoms with E-state index in [0.717, 1.165) is 11.4 Å².